The van der Waals surface area contributed by atoms with Gasteiger partial charge in [-0.25, -0.2) is 4.79 Å². The van der Waals surface area contributed by atoms with Crippen LogP contribution >= 0.6 is 15.9 Å². The molecule has 0 saturated heterocycles. The van der Waals surface area contributed by atoms with E-state index >= 15 is 0 Å². The van der Waals surface area contributed by atoms with Crippen LogP contribution in [0.15, 0.2) is 102 Å². The first kappa shape index (κ1) is 28.5. The van der Waals surface area contributed by atoms with Crippen LogP contribution in [-0.2, 0) is 20.5 Å². The van der Waals surface area contributed by atoms with Gasteiger partial charge in [0.1, 0.15) is 11.6 Å². The van der Waals surface area contributed by atoms with Gasteiger partial charge in [0.2, 0.25) is 0 Å². The summed E-state index contributed by atoms with van der Waals surface area (Å²) in [4.78, 5) is 24.5. The van der Waals surface area contributed by atoms with Gasteiger partial charge < -0.3 is 15.2 Å². The maximum absolute atomic E-state index is 12.5. The molecule has 0 saturated carbocycles. The molecule has 1 amide bonds. The Labute approximate surface area is 238 Å². The molecule has 0 bridgehead atoms. The van der Waals surface area contributed by atoms with Gasteiger partial charge in [-0.05, 0) is 58.0 Å². The average Bonchev–Trinajstić information content (AvgIpc) is 2.93. The number of rotatable bonds is 9. The van der Waals surface area contributed by atoms with Crippen LogP contribution in [0, 0.1) is 0 Å². The molecule has 202 valence electrons. The lowest BCUT2D eigenvalue weighted by molar-refractivity contribution is -0.140. The second kappa shape index (κ2) is 12.1. The van der Waals surface area contributed by atoms with Crippen molar-refractivity contribution in [2.75, 3.05) is 6.61 Å². The van der Waals surface area contributed by atoms with E-state index in [-0.39, 0.29) is 18.4 Å². The number of carbonyl (C=O) groups excluding carboxylic acids is 1. The fourth-order valence-corrected chi connectivity index (χ4v) is 4.85. The first-order valence-corrected chi connectivity index (χ1v) is 13.9. The number of hydrogen-bond acceptors (Lipinski definition) is 3. The Hall–Kier alpha value is -3.48. The second-order valence-corrected chi connectivity index (χ2v) is 11.7. The minimum atomic E-state index is -1.10. The Kier molecular flexibility index (Phi) is 8.88. The van der Waals surface area contributed by atoms with Gasteiger partial charge in [0.15, 0.2) is 0 Å². The molecular formula is C33H34BrNO4. The zero-order valence-electron chi connectivity index (χ0n) is 22.5. The maximum atomic E-state index is 12.5. The molecule has 3 aromatic rings. The molecule has 6 heteroatoms. The highest BCUT2D eigenvalue weighted by Crippen LogP contribution is 2.38. The Bertz CT molecular complexity index is 1360. The quantitative estimate of drug-likeness (QED) is 0.276. The zero-order chi connectivity index (χ0) is 28.0. The van der Waals surface area contributed by atoms with Gasteiger partial charge in [0, 0.05) is 22.9 Å². The summed E-state index contributed by atoms with van der Waals surface area (Å²) < 4.78 is 7.41. The number of carboxylic acid groups (broad SMARTS) is 1. The summed E-state index contributed by atoms with van der Waals surface area (Å²) in [7, 11) is 0. The number of aliphatic carboxylic acids is 1. The summed E-state index contributed by atoms with van der Waals surface area (Å²) in [6, 6.07) is 24.1. The molecule has 0 aromatic heterocycles. The number of benzene rings is 3. The number of hydrogen-bond donors (Lipinski definition) is 2. The van der Waals surface area contributed by atoms with Gasteiger partial charge in [0.25, 0.3) is 5.91 Å². The molecule has 4 rings (SSSR count). The highest BCUT2D eigenvalue weighted by molar-refractivity contribution is 9.10. The third-order valence-electron chi connectivity index (χ3n) is 6.98. The molecule has 0 radical (unpaired) electrons. The van der Waals surface area contributed by atoms with Gasteiger partial charge in [0.05, 0.1) is 6.61 Å². The minimum Gasteiger partial charge on any atom is -0.480 e. The van der Waals surface area contributed by atoms with Crippen LogP contribution in [0.5, 0.6) is 0 Å². The highest BCUT2D eigenvalue weighted by Gasteiger charge is 2.33. The molecule has 0 heterocycles. The molecule has 0 fully saturated rings. The van der Waals surface area contributed by atoms with Crippen LogP contribution in [0.1, 0.15) is 60.7 Å². The summed E-state index contributed by atoms with van der Waals surface area (Å²) in [6.07, 6.45) is 7.02. The summed E-state index contributed by atoms with van der Waals surface area (Å²) in [5.74, 6) is -1.52. The maximum Gasteiger partial charge on any atom is 0.326 e. The standard InChI is InChI=1S/C33H34BrNO4/c1-32(2,3)26-11-9-23(10-12-26)24-17-20-33(21-18-24,27-13-15-28(34)16-14-27)39-22-19-29(31(37)38)35-30(36)25-7-5-4-6-8-25/h4-18,20,29H,19,21-22H2,1-3H3,(H,35,36)(H,37,38). The molecule has 39 heavy (non-hydrogen) atoms. The van der Waals surface area contributed by atoms with E-state index in [9.17, 15) is 14.7 Å². The van der Waals surface area contributed by atoms with Crippen LogP contribution in [0.3, 0.4) is 0 Å². The van der Waals surface area contributed by atoms with E-state index in [1.807, 2.05) is 24.3 Å². The van der Waals surface area contributed by atoms with E-state index in [4.69, 9.17) is 4.74 Å². The number of amides is 1. The molecule has 2 atom stereocenters. The van der Waals surface area contributed by atoms with Crippen molar-refractivity contribution in [2.45, 2.75) is 50.7 Å². The van der Waals surface area contributed by atoms with E-state index in [1.54, 1.807) is 30.3 Å². The van der Waals surface area contributed by atoms with Gasteiger partial charge in [-0.3, -0.25) is 4.79 Å². The van der Waals surface area contributed by atoms with Gasteiger partial charge in [-0.15, -0.1) is 0 Å². The summed E-state index contributed by atoms with van der Waals surface area (Å²) in [6.45, 7) is 6.75. The van der Waals surface area contributed by atoms with Crippen molar-refractivity contribution in [1.29, 1.82) is 0 Å². The van der Waals surface area contributed by atoms with Crippen molar-refractivity contribution in [3.63, 3.8) is 0 Å². The van der Waals surface area contributed by atoms with Crippen molar-refractivity contribution >= 4 is 33.4 Å². The molecule has 3 aromatic carbocycles. The van der Waals surface area contributed by atoms with Crippen molar-refractivity contribution in [3.8, 4) is 0 Å². The van der Waals surface area contributed by atoms with Gasteiger partial charge >= 0.3 is 5.97 Å². The minimum absolute atomic E-state index is 0.0915. The molecule has 0 aliphatic heterocycles. The van der Waals surface area contributed by atoms with Crippen LogP contribution in [-0.4, -0.2) is 29.6 Å². The molecule has 1 aliphatic rings. The third kappa shape index (κ3) is 7.14. The first-order chi connectivity index (χ1) is 18.6. The van der Waals surface area contributed by atoms with Crippen molar-refractivity contribution in [3.05, 3.63) is 124 Å². The summed E-state index contributed by atoms with van der Waals surface area (Å²) in [5, 5.41) is 12.4. The van der Waals surface area contributed by atoms with Crippen LogP contribution in [0.25, 0.3) is 5.57 Å². The Morgan fingerprint density at radius 3 is 2.23 bits per heavy atom. The lowest BCUT2D eigenvalue weighted by atomic mass is 9.82. The molecular weight excluding hydrogens is 554 g/mol. The van der Waals surface area contributed by atoms with E-state index in [1.165, 1.54) is 5.56 Å². The number of carbonyl (C=O) groups is 2. The van der Waals surface area contributed by atoms with Gasteiger partial charge in [-0.2, -0.15) is 0 Å². The zero-order valence-corrected chi connectivity index (χ0v) is 24.1. The molecule has 2 unspecified atom stereocenters. The van der Waals surface area contributed by atoms with E-state index in [0.29, 0.717) is 12.0 Å². The van der Waals surface area contributed by atoms with E-state index in [0.717, 1.165) is 21.2 Å². The number of halogens is 1. The molecule has 1 aliphatic carbocycles. The van der Waals surface area contributed by atoms with Crippen LogP contribution < -0.4 is 5.32 Å². The predicted molar refractivity (Wildman–Crippen MR) is 159 cm³/mol. The first-order valence-electron chi connectivity index (χ1n) is 13.1. The normalized spacial score (nSPS) is 17.8. The molecule has 0 spiro atoms. The van der Waals surface area contributed by atoms with Crippen LogP contribution in [0.4, 0.5) is 0 Å². The highest BCUT2D eigenvalue weighted by atomic mass is 79.9. The van der Waals surface area contributed by atoms with Gasteiger partial charge in [-0.1, -0.05) is 103 Å². The van der Waals surface area contributed by atoms with Crippen molar-refractivity contribution in [1.82, 2.24) is 5.32 Å². The largest absolute Gasteiger partial charge is 0.480 e. The number of nitrogens with one attached hydrogen (secondary N) is 1. The van der Waals surface area contributed by atoms with Crippen molar-refractivity contribution < 1.29 is 19.4 Å². The number of carboxylic acids is 1. The average molecular weight is 589 g/mol. The fraction of sp³-hybridized carbons (Fsp3) is 0.273. The number of allylic oxidation sites excluding steroid dienone is 2. The third-order valence-corrected chi connectivity index (χ3v) is 7.51. The Morgan fingerprint density at radius 2 is 1.67 bits per heavy atom. The lowest BCUT2D eigenvalue weighted by Gasteiger charge is -2.34. The van der Waals surface area contributed by atoms with E-state index < -0.39 is 23.5 Å². The Balaban J connectivity index is 1.49. The number of ether oxygens (including phenoxy) is 1. The van der Waals surface area contributed by atoms with Crippen molar-refractivity contribution in [2.24, 2.45) is 0 Å². The SMILES string of the molecule is CC(C)(C)c1ccc(C2=CCC(OCCC(NC(=O)c3ccccc3)C(=O)O)(c3ccc(Br)cc3)C=C2)cc1. The second-order valence-electron chi connectivity index (χ2n) is 10.8. The smallest absolute Gasteiger partial charge is 0.326 e. The monoisotopic (exact) mass is 587 g/mol. The topological polar surface area (TPSA) is 75.6 Å². The van der Waals surface area contributed by atoms with Crippen LogP contribution in [0.2, 0.25) is 0 Å². The Morgan fingerprint density at radius 1 is 1.00 bits per heavy atom. The lowest BCUT2D eigenvalue weighted by Crippen LogP contribution is -2.42. The predicted octanol–water partition coefficient (Wildman–Crippen LogP) is 7.28. The van der Waals surface area contributed by atoms with E-state index in [2.05, 4.69) is 84.5 Å². The molecule has 5 nitrogen and oxygen atoms in total. The summed E-state index contributed by atoms with van der Waals surface area (Å²) in [5.41, 5.74) is 4.27. The summed E-state index contributed by atoms with van der Waals surface area (Å²) >= 11 is 3.50. The fourth-order valence-electron chi connectivity index (χ4n) is 4.58. The molecule has 2 N–H and O–H groups in total.